The average Bonchev–Trinajstić information content (AvgIpc) is 3.32. The van der Waals surface area contributed by atoms with Crippen LogP contribution in [0, 0.1) is 5.92 Å². The van der Waals surface area contributed by atoms with Crippen LogP contribution in [0.15, 0.2) is 42.9 Å². The maximum atomic E-state index is 11.0. The van der Waals surface area contributed by atoms with E-state index in [4.69, 9.17) is 20.9 Å². The lowest BCUT2D eigenvalue weighted by Crippen LogP contribution is -2.19. The summed E-state index contributed by atoms with van der Waals surface area (Å²) < 4.78 is 28.9. The lowest BCUT2D eigenvalue weighted by Gasteiger charge is -2.14. The van der Waals surface area contributed by atoms with Gasteiger partial charge in [0.25, 0.3) is 0 Å². The zero-order chi connectivity index (χ0) is 20.4. The van der Waals surface area contributed by atoms with Gasteiger partial charge in [0.15, 0.2) is 0 Å². The van der Waals surface area contributed by atoms with Gasteiger partial charge in [-0.2, -0.15) is 8.42 Å². The number of nitrogens with zero attached hydrogens (tertiary/aromatic N) is 3. The second-order valence-corrected chi connectivity index (χ2v) is 8.87. The Kier molecular flexibility index (Phi) is 5.73. The van der Waals surface area contributed by atoms with E-state index < -0.39 is 10.3 Å². The largest absolute Gasteiger partial charge is 0.365 e. The van der Waals surface area contributed by atoms with Crippen LogP contribution in [0.25, 0.3) is 11.0 Å². The third-order valence-corrected chi connectivity index (χ3v) is 6.12. The minimum absolute atomic E-state index is 0.119. The van der Waals surface area contributed by atoms with Gasteiger partial charge in [-0.1, -0.05) is 29.8 Å². The van der Waals surface area contributed by atoms with Crippen LogP contribution in [-0.4, -0.2) is 29.6 Å². The monoisotopic (exact) mass is 435 g/mol. The number of rotatable bonds is 7. The summed E-state index contributed by atoms with van der Waals surface area (Å²) in [5.74, 6) is 0.899. The number of aromatic nitrogens is 3. The Hall–Kier alpha value is -2.20. The molecule has 1 saturated carbocycles. The Labute approximate surface area is 174 Å². The van der Waals surface area contributed by atoms with E-state index in [1.165, 1.54) is 0 Å². The molecule has 4 rings (SSSR count). The van der Waals surface area contributed by atoms with Gasteiger partial charge in [0, 0.05) is 23.8 Å². The fourth-order valence-corrected chi connectivity index (χ4v) is 4.46. The van der Waals surface area contributed by atoms with Crippen molar-refractivity contribution in [1.29, 1.82) is 0 Å². The maximum Gasteiger partial charge on any atom is 0.333 e. The normalized spacial score (nSPS) is 19.7. The van der Waals surface area contributed by atoms with Gasteiger partial charge in [-0.05, 0) is 42.9 Å². The lowest BCUT2D eigenvalue weighted by atomic mass is 10.1. The van der Waals surface area contributed by atoms with Crippen molar-refractivity contribution in [2.75, 3.05) is 11.9 Å². The van der Waals surface area contributed by atoms with Gasteiger partial charge in [-0.25, -0.2) is 15.1 Å². The molecule has 2 heterocycles. The summed E-state index contributed by atoms with van der Waals surface area (Å²) in [5.41, 5.74) is 1.84. The van der Waals surface area contributed by atoms with Crippen LogP contribution >= 0.6 is 11.6 Å². The van der Waals surface area contributed by atoms with E-state index in [9.17, 15) is 8.42 Å². The van der Waals surface area contributed by atoms with Crippen LogP contribution in [0.3, 0.4) is 0 Å². The van der Waals surface area contributed by atoms with E-state index in [1.54, 1.807) is 6.33 Å². The number of hydrogen-bond donors (Lipinski definition) is 2. The Morgan fingerprint density at radius 3 is 2.86 bits per heavy atom. The van der Waals surface area contributed by atoms with Gasteiger partial charge in [-0.3, -0.25) is 4.18 Å². The molecule has 0 amide bonds. The highest BCUT2D eigenvalue weighted by Crippen LogP contribution is 2.37. The predicted octanol–water partition coefficient (Wildman–Crippen LogP) is 3.26. The molecule has 8 nitrogen and oxygen atoms in total. The number of anilines is 1. The number of nitrogens with one attached hydrogen (secondary N) is 1. The van der Waals surface area contributed by atoms with Crippen molar-refractivity contribution in [3.63, 3.8) is 0 Å². The first-order chi connectivity index (χ1) is 13.9. The highest BCUT2D eigenvalue weighted by molar-refractivity contribution is 7.84. The molecule has 3 N–H and O–H groups in total. The molecule has 1 aromatic carbocycles. The first-order valence-corrected chi connectivity index (χ1v) is 11.2. The summed E-state index contributed by atoms with van der Waals surface area (Å²) in [5, 5.41) is 9.92. The van der Waals surface area contributed by atoms with Crippen molar-refractivity contribution < 1.29 is 12.6 Å². The minimum Gasteiger partial charge on any atom is -0.365 e. The first-order valence-electron chi connectivity index (χ1n) is 9.36. The lowest BCUT2D eigenvalue weighted by molar-refractivity contribution is 0.253. The van der Waals surface area contributed by atoms with Crippen LogP contribution in [0.1, 0.15) is 30.9 Å². The van der Waals surface area contributed by atoms with Gasteiger partial charge >= 0.3 is 10.3 Å². The number of benzene rings is 1. The zero-order valence-electron chi connectivity index (χ0n) is 15.7. The van der Waals surface area contributed by atoms with E-state index in [0.717, 1.165) is 41.7 Å². The van der Waals surface area contributed by atoms with E-state index in [0.29, 0.717) is 11.6 Å². The van der Waals surface area contributed by atoms with E-state index in [1.807, 2.05) is 36.5 Å². The van der Waals surface area contributed by atoms with Crippen molar-refractivity contribution >= 4 is 38.8 Å². The number of nitrogens with two attached hydrogens (primary N) is 1. The fraction of sp³-hybridized carbons (Fsp3) is 0.368. The molecular weight excluding hydrogens is 414 g/mol. The molecule has 1 aliphatic rings. The predicted molar refractivity (Wildman–Crippen MR) is 112 cm³/mol. The van der Waals surface area contributed by atoms with Crippen molar-refractivity contribution in [1.82, 2.24) is 14.5 Å². The molecule has 29 heavy (non-hydrogen) atoms. The molecule has 154 valence electrons. The minimum atomic E-state index is -3.90. The van der Waals surface area contributed by atoms with E-state index >= 15 is 0 Å². The molecule has 1 unspecified atom stereocenters. The summed E-state index contributed by atoms with van der Waals surface area (Å²) in [4.78, 5) is 8.85. The summed E-state index contributed by atoms with van der Waals surface area (Å²) >= 11 is 6.23. The first kappa shape index (κ1) is 20.1. The standard InChI is InChI=1S/C19H22ClN5O3S/c20-17-4-2-1-3-14(17)10-22-18-16-7-8-25(19(16)24-12-23-18)15-6-5-13(9-15)11-28-29(21,26)27/h1-4,7-8,12-13,15H,5-6,9-11H2,(H2,21,26,27)(H,22,23,24)/t13-,15?/m0/s1. The molecule has 0 bridgehead atoms. The van der Waals surface area contributed by atoms with Crippen molar-refractivity contribution in [3.8, 4) is 0 Å². The molecule has 0 spiro atoms. The SMILES string of the molecule is NS(=O)(=O)OC[C@H]1CCC(n2ccc3c(NCc4ccccc4Cl)ncnc32)C1. The van der Waals surface area contributed by atoms with Crippen molar-refractivity contribution in [2.45, 2.75) is 31.8 Å². The van der Waals surface area contributed by atoms with Gasteiger partial charge in [-0.15, -0.1) is 0 Å². The molecule has 2 aromatic heterocycles. The highest BCUT2D eigenvalue weighted by atomic mass is 35.5. The second-order valence-electron chi connectivity index (χ2n) is 7.24. The Morgan fingerprint density at radius 1 is 1.24 bits per heavy atom. The van der Waals surface area contributed by atoms with Crippen LogP contribution in [-0.2, 0) is 21.0 Å². The van der Waals surface area contributed by atoms with Crippen molar-refractivity contribution in [3.05, 3.63) is 53.4 Å². The number of fused-ring (bicyclic) bond motifs is 1. The highest BCUT2D eigenvalue weighted by Gasteiger charge is 2.28. The van der Waals surface area contributed by atoms with Crippen LogP contribution in [0.4, 0.5) is 5.82 Å². The summed E-state index contributed by atoms with van der Waals surface area (Å²) in [6.45, 7) is 0.682. The molecule has 0 radical (unpaired) electrons. The molecule has 0 saturated heterocycles. The zero-order valence-corrected chi connectivity index (χ0v) is 17.2. The second kappa shape index (κ2) is 8.27. The van der Waals surface area contributed by atoms with Gasteiger partial charge < -0.3 is 9.88 Å². The van der Waals surface area contributed by atoms with Crippen molar-refractivity contribution in [2.24, 2.45) is 11.1 Å². The molecule has 1 aliphatic carbocycles. The number of halogens is 1. The Balaban J connectivity index is 1.48. The maximum absolute atomic E-state index is 11.0. The van der Waals surface area contributed by atoms with Gasteiger partial charge in [0.1, 0.15) is 17.8 Å². The van der Waals surface area contributed by atoms with Gasteiger partial charge in [0.05, 0.1) is 12.0 Å². The average molecular weight is 436 g/mol. The van der Waals surface area contributed by atoms with Crippen LogP contribution in [0.5, 0.6) is 0 Å². The summed E-state index contributed by atoms with van der Waals surface area (Å²) in [6, 6.07) is 9.91. The quantitative estimate of drug-likeness (QED) is 0.589. The summed E-state index contributed by atoms with van der Waals surface area (Å²) in [6.07, 6.45) is 6.17. The third-order valence-electron chi connectivity index (χ3n) is 5.29. The molecule has 2 atom stereocenters. The molecule has 0 aliphatic heterocycles. The molecule has 3 aromatic rings. The van der Waals surface area contributed by atoms with Crippen LogP contribution in [0.2, 0.25) is 5.02 Å². The van der Waals surface area contributed by atoms with Gasteiger partial charge in [0.2, 0.25) is 0 Å². The van der Waals surface area contributed by atoms with E-state index in [2.05, 4.69) is 19.9 Å². The number of hydrogen-bond acceptors (Lipinski definition) is 6. The fourth-order valence-electron chi connectivity index (χ4n) is 3.87. The van der Waals surface area contributed by atoms with E-state index in [-0.39, 0.29) is 18.6 Å². The molecule has 1 fully saturated rings. The topological polar surface area (TPSA) is 112 Å². The Bertz CT molecular complexity index is 1120. The molecular formula is C19H22ClN5O3S. The Morgan fingerprint density at radius 2 is 2.07 bits per heavy atom. The summed E-state index contributed by atoms with van der Waals surface area (Å²) in [7, 11) is -3.90. The van der Waals surface area contributed by atoms with Crippen LogP contribution < -0.4 is 10.5 Å². The third kappa shape index (κ3) is 4.69. The molecule has 10 heteroatoms. The smallest absolute Gasteiger partial charge is 0.333 e.